The van der Waals surface area contributed by atoms with E-state index in [2.05, 4.69) is 27.9 Å². The standard InChI is InChI=1S/C32H36N6O4/c1-32(2,3)37-28(39)20-42-25-8-6-7-22(15-25)30-35-27-19-40-18-26(27)31(36-30)34-24-12-10-21(11-13-24)23-16-33-38(17-23)29-9-4-5-14-41-29/h6-8,10-13,15-17,29H,4-5,9,14,18-20H2,1-3H3,(H,37,39)(H,34,35,36). The van der Waals surface area contributed by atoms with E-state index >= 15 is 0 Å². The van der Waals surface area contributed by atoms with E-state index in [1.807, 2.05) is 74.2 Å². The molecule has 0 bridgehead atoms. The van der Waals surface area contributed by atoms with Crippen molar-refractivity contribution in [2.45, 2.75) is 65.0 Å². The van der Waals surface area contributed by atoms with Crippen LogP contribution in [0.1, 0.15) is 57.5 Å². The van der Waals surface area contributed by atoms with Crippen molar-refractivity contribution >= 4 is 17.4 Å². The maximum Gasteiger partial charge on any atom is 0.258 e. The third kappa shape index (κ3) is 6.61. The van der Waals surface area contributed by atoms with E-state index in [-0.39, 0.29) is 24.3 Å². The first kappa shape index (κ1) is 27.9. The highest BCUT2D eigenvalue weighted by molar-refractivity contribution is 5.78. The second kappa shape index (κ2) is 11.9. The minimum Gasteiger partial charge on any atom is -0.484 e. The molecule has 42 heavy (non-hydrogen) atoms. The van der Waals surface area contributed by atoms with Gasteiger partial charge in [0.25, 0.3) is 5.91 Å². The SMILES string of the molecule is CC(C)(C)NC(=O)COc1cccc(-c2nc3c(c(Nc4ccc(-c5cnn(C6CCCCO6)c5)cc4)n2)COC3)c1. The minimum absolute atomic E-state index is 0.0185. The van der Waals surface area contributed by atoms with Gasteiger partial charge in [0.1, 0.15) is 17.8 Å². The number of nitrogens with zero attached hydrogens (tertiary/aromatic N) is 4. The number of amides is 1. The molecular formula is C32H36N6O4. The van der Waals surface area contributed by atoms with Crippen LogP contribution >= 0.6 is 0 Å². The van der Waals surface area contributed by atoms with Crippen molar-refractivity contribution < 1.29 is 19.0 Å². The van der Waals surface area contributed by atoms with Crippen LogP contribution in [0.2, 0.25) is 0 Å². The third-order valence-electron chi connectivity index (χ3n) is 7.09. The molecule has 1 fully saturated rings. The van der Waals surface area contributed by atoms with Crippen molar-refractivity contribution in [3.63, 3.8) is 0 Å². The first-order valence-corrected chi connectivity index (χ1v) is 14.4. The lowest BCUT2D eigenvalue weighted by Gasteiger charge is -2.22. The van der Waals surface area contributed by atoms with Crippen LogP contribution in [0.25, 0.3) is 22.5 Å². The van der Waals surface area contributed by atoms with E-state index in [1.54, 1.807) is 0 Å². The topological polar surface area (TPSA) is 112 Å². The zero-order valence-electron chi connectivity index (χ0n) is 24.2. The summed E-state index contributed by atoms with van der Waals surface area (Å²) in [7, 11) is 0. The molecule has 2 aromatic carbocycles. The summed E-state index contributed by atoms with van der Waals surface area (Å²) >= 11 is 0. The van der Waals surface area contributed by atoms with Gasteiger partial charge in [-0.15, -0.1) is 0 Å². The largest absolute Gasteiger partial charge is 0.484 e. The second-order valence-corrected chi connectivity index (χ2v) is 11.7. The van der Waals surface area contributed by atoms with Gasteiger partial charge in [-0.1, -0.05) is 24.3 Å². The summed E-state index contributed by atoms with van der Waals surface area (Å²) in [6.45, 7) is 7.39. The van der Waals surface area contributed by atoms with E-state index in [1.165, 1.54) is 0 Å². The zero-order chi connectivity index (χ0) is 29.1. The number of hydrogen-bond donors (Lipinski definition) is 2. The quantitative estimate of drug-likeness (QED) is 0.275. The van der Waals surface area contributed by atoms with E-state index < -0.39 is 0 Å². The molecule has 1 amide bonds. The highest BCUT2D eigenvalue weighted by Gasteiger charge is 2.22. The molecule has 0 radical (unpaired) electrons. The van der Waals surface area contributed by atoms with Gasteiger partial charge in [-0.3, -0.25) is 4.79 Å². The van der Waals surface area contributed by atoms with Crippen molar-refractivity contribution in [2.75, 3.05) is 18.5 Å². The number of hydrogen-bond acceptors (Lipinski definition) is 8. The molecule has 6 rings (SSSR count). The molecule has 0 spiro atoms. The van der Waals surface area contributed by atoms with E-state index in [9.17, 15) is 4.79 Å². The molecule has 218 valence electrons. The van der Waals surface area contributed by atoms with Gasteiger partial charge in [0.2, 0.25) is 0 Å². The predicted octanol–water partition coefficient (Wildman–Crippen LogP) is 5.77. The maximum absolute atomic E-state index is 12.2. The van der Waals surface area contributed by atoms with Gasteiger partial charge in [0.15, 0.2) is 12.4 Å². The van der Waals surface area contributed by atoms with Crippen molar-refractivity contribution in [1.82, 2.24) is 25.1 Å². The zero-order valence-corrected chi connectivity index (χ0v) is 24.2. The Kier molecular flexibility index (Phi) is 7.90. The first-order valence-electron chi connectivity index (χ1n) is 14.4. The fraction of sp³-hybridized carbons (Fsp3) is 0.375. The summed E-state index contributed by atoms with van der Waals surface area (Å²) in [6, 6.07) is 15.7. The number of rotatable bonds is 8. The molecule has 10 nitrogen and oxygen atoms in total. The summed E-state index contributed by atoms with van der Waals surface area (Å²) in [5.74, 6) is 1.66. The lowest BCUT2D eigenvalue weighted by Crippen LogP contribution is -2.43. The van der Waals surface area contributed by atoms with Crippen molar-refractivity contribution in [3.8, 4) is 28.3 Å². The molecule has 0 aliphatic carbocycles. The van der Waals surface area contributed by atoms with Gasteiger partial charge in [-0.2, -0.15) is 5.10 Å². The van der Waals surface area contributed by atoms with Gasteiger partial charge < -0.3 is 24.8 Å². The first-order chi connectivity index (χ1) is 20.3. The Hall–Kier alpha value is -4.28. The van der Waals surface area contributed by atoms with Crippen LogP contribution in [0.15, 0.2) is 60.9 Å². The van der Waals surface area contributed by atoms with E-state index in [0.29, 0.717) is 30.6 Å². The molecule has 1 saturated heterocycles. The Bertz CT molecular complexity index is 1550. The fourth-order valence-electron chi connectivity index (χ4n) is 5.07. The number of carbonyl (C=O) groups excluding carboxylic acids is 1. The third-order valence-corrected chi connectivity index (χ3v) is 7.09. The molecule has 1 unspecified atom stereocenters. The average Bonchev–Trinajstić information content (AvgIpc) is 3.67. The highest BCUT2D eigenvalue weighted by Crippen LogP contribution is 2.32. The highest BCUT2D eigenvalue weighted by atomic mass is 16.5. The predicted molar refractivity (Wildman–Crippen MR) is 159 cm³/mol. The summed E-state index contributed by atoms with van der Waals surface area (Å²) in [5, 5.41) is 10.9. The van der Waals surface area contributed by atoms with E-state index in [4.69, 9.17) is 24.2 Å². The Morgan fingerprint density at radius 3 is 2.69 bits per heavy atom. The molecular weight excluding hydrogens is 532 g/mol. The van der Waals surface area contributed by atoms with Crippen molar-refractivity contribution in [1.29, 1.82) is 0 Å². The van der Waals surface area contributed by atoms with Crippen molar-refractivity contribution in [3.05, 3.63) is 72.2 Å². The summed E-state index contributed by atoms with van der Waals surface area (Å²) < 4.78 is 19.3. The van der Waals surface area contributed by atoms with Crippen LogP contribution in [0, 0.1) is 0 Å². The Labute approximate surface area is 245 Å². The Morgan fingerprint density at radius 2 is 1.90 bits per heavy atom. The lowest BCUT2D eigenvalue weighted by atomic mass is 10.1. The molecule has 1 atom stereocenters. The molecule has 4 heterocycles. The molecule has 0 saturated carbocycles. The number of aromatic nitrogens is 4. The molecule has 10 heteroatoms. The number of benzene rings is 2. The van der Waals surface area contributed by atoms with Crippen LogP contribution in [-0.4, -0.2) is 44.4 Å². The molecule has 2 aliphatic heterocycles. The molecule has 2 N–H and O–H groups in total. The monoisotopic (exact) mass is 568 g/mol. The van der Waals surface area contributed by atoms with Gasteiger partial charge >= 0.3 is 0 Å². The van der Waals surface area contributed by atoms with Gasteiger partial charge in [-0.25, -0.2) is 14.6 Å². The normalized spacial score (nSPS) is 16.6. The van der Waals surface area contributed by atoms with Gasteiger partial charge in [0, 0.05) is 40.7 Å². The van der Waals surface area contributed by atoms with Gasteiger partial charge in [0.05, 0.1) is 25.1 Å². The smallest absolute Gasteiger partial charge is 0.258 e. The van der Waals surface area contributed by atoms with Crippen LogP contribution in [-0.2, 0) is 27.5 Å². The number of anilines is 2. The Balaban J connectivity index is 1.18. The number of fused-ring (bicyclic) bond motifs is 1. The van der Waals surface area contributed by atoms with E-state index in [0.717, 1.165) is 59.5 Å². The molecule has 2 aliphatic rings. The number of carbonyl (C=O) groups is 1. The average molecular weight is 569 g/mol. The van der Waals surface area contributed by atoms with Crippen molar-refractivity contribution in [2.24, 2.45) is 0 Å². The summed E-state index contributed by atoms with van der Waals surface area (Å²) in [4.78, 5) is 21.9. The number of nitrogens with one attached hydrogen (secondary N) is 2. The van der Waals surface area contributed by atoms with Crippen LogP contribution < -0.4 is 15.4 Å². The maximum atomic E-state index is 12.2. The van der Waals surface area contributed by atoms with Crippen LogP contribution in [0.3, 0.4) is 0 Å². The summed E-state index contributed by atoms with van der Waals surface area (Å²) in [5.41, 5.74) is 5.30. The molecule has 4 aromatic rings. The van der Waals surface area contributed by atoms with Gasteiger partial charge in [-0.05, 0) is 69.9 Å². The minimum atomic E-state index is -0.320. The number of ether oxygens (including phenoxy) is 3. The van der Waals surface area contributed by atoms with Crippen LogP contribution in [0.5, 0.6) is 5.75 Å². The molecule has 2 aromatic heterocycles. The Morgan fingerprint density at radius 1 is 1.05 bits per heavy atom. The lowest BCUT2D eigenvalue weighted by molar-refractivity contribution is -0.124. The summed E-state index contributed by atoms with van der Waals surface area (Å²) in [6.07, 6.45) is 7.22. The fourth-order valence-corrected chi connectivity index (χ4v) is 5.07. The van der Waals surface area contributed by atoms with Crippen LogP contribution in [0.4, 0.5) is 11.5 Å². The second-order valence-electron chi connectivity index (χ2n) is 11.7.